The molecule has 0 aliphatic carbocycles. The van der Waals surface area contributed by atoms with E-state index >= 15 is 0 Å². The van der Waals surface area contributed by atoms with E-state index in [1.165, 1.54) is 48.4 Å². The highest BCUT2D eigenvalue weighted by atomic mass is 32.2. The number of carbonyl (C=O) groups is 1. The van der Waals surface area contributed by atoms with Crippen molar-refractivity contribution >= 4 is 45.1 Å². The van der Waals surface area contributed by atoms with Crippen molar-refractivity contribution in [2.24, 2.45) is 0 Å². The molecule has 3 heterocycles. The van der Waals surface area contributed by atoms with Crippen LogP contribution in [-0.2, 0) is 14.8 Å². The molecule has 0 bridgehead atoms. The number of hydrogen-bond donors (Lipinski definition) is 2. The number of carbonyl (C=O) groups excluding carboxylic acids is 1. The lowest BCUT2D eigenvalue weighted by Crippen LogP contribution is -2.22. The highest BCUT2D eigenvalue weighted by molar-refractivity contribution is 8.00. The monoisotopic (exact) mass is 484 g/mol. The number of sulfonamides is 1. The van der Waals surface area contributed by atoms with Crippen LogP contribution in [-0.4, -0.2) is 49.1 Å². The minimum absolute atomic E-state index is 0.0161. The van der Waals surface area contributed by atoms with E-state index in [9.17, 15) is 13.2 Å². The summed E-state index contributed by atoms with van der Waals surface area (Å²) in [6.45, 7) is 5.53. The Morgan fingerprint density at radius 3 is 2.48 bits per heavy atom. The van der Waals surface area contributed by atoms with Crippen LogP contribution in [0.1, 0.15) is 18.3 Å². The minimum atomic E-state index is -3.85. The Labute approximate surface area is 194 Å². The summed E-state index contributed by atoms with van der Waals surface area (Å²) < 4.78 is 28.9. The molecule has 2 N–H and O–H groups in total. The van der Waals surface area contributed by atoms with Gasteiger partial charge in [-0.3, -0.25) is 4.79 Å². The van der Waals surface area contributed by atoms with Gasteiger partial charge in [-0.05, 0) is 57.2 Å². The van der Waals surface area contributed by atoms with Gasteiger partial charge in [0.25, 0.3) is 15.8 Å². The van der Waals surface area contributed by atoms with E-state index < -0.39 is 15.3 Å². The molecule has 0 saturated heterocycles. The fourth-order valence-corrected chi connectivity index (χ4v) is 4.61. The number of benzene rings is 1. The SMILES string of the molecule is Cc1cc(C)n2nc(SC(C)C(=O)Nc3ccc(S(=O)(=O)Nc4ncccn4)cc3)nc2n1. The Balaban J connectivity index is 1.40. The number of nitrogens with one attached hydrogen (secondary N) is 2. The molecule has 33 heavy (non-hydrogen) atoms. The van der Waals surface area contributed by atoms with Crippen molar-refractivity contribution in [2.45, 2.75) is 36.1 Å². The smallest absolute Gasteiger partial charge is 0.264 e. The van der Waals surface area contributed by atoms with Crippen LogP contribution in [0.3, 0.4) is 0 Å². The molecule has 1 atom stereocenters. The molecular formula is C20H20N8O3S2. The highest BCUT2D eigenvalue weighted by Crippen LogP contribution is 2.23. The first-order valence-corrected chi connectivity index (χ1v) is 12.2. The van der Waals surface area contributed by atoms with Gasteiger partial charge < -0.3 is 5.32 Å². The predicted octanol–water partition coefficient (Wildman–Crippen LogP) is 2.45. The van der Waals surface area contributed by atoms with Gasteiger partial charge >= 0.3 is 0 Å². The Morgan fingerprint density at radius 2 is 1.79 bits per heavy atom. The summed E-state index contributed by atoms with van der Waals surface area (Å²) in [4.78, 5) is 29.0. The maximum atomic E-state index is 12.6. The van der Waals surface area contributed by atoms with Crippen molar-refractivity contribution < 1.29 is 13.2 Å². The van der Waals surface area contributed by atoms with E-state index in [1.807, 2.05) is 19.9 Å². The summed E-state index contributed by atoms with van der Waals surface area (Å²) in [5, 5.41) is 7.11. The first-order valence-electron chi connectivity index (χ1n) is 9.80. The van der Waals surface area contributed by atoms with Crippen molar-refractivity contribution in [3.63, 3.8) is 0 Å². The van der Waals surface area contributed by atoms with Crippen molar-refractivity contribution in [2.75, 3.05) is 10.0 Å². The van der Waals surface area contributed by atoms with Gasteiger partial charge in [0.15, 0.2) is 0 Å². The number of aromatic nitrogens is 6. The van der Waals surface area contributed by atoms with E-state index in [1.54, 1.807) is 17.5 Å². The average molecular weight is 485 g/mol. The van der Waals surface area contributed by atoms with Crippen LogP contribution in [0.15, 0.2) is 58.8 Å². The minimum Gasteiger partial charge on any atom is -0.325 e. The van der Waals surface area contributed by atoms with Crippen LogP contribution < -0.4 is 10.0 Å². The third kappa shape index (κ3) is 5.26. The Hall–Kier alpha value is -3.58. The second kappa shape index (κ2) is 9.11. The number of anilines is 2. The van der Waals surface area contributed by atoms with Gasteiger partial charge in [-0.15, -0.1) is 5.10 Å². The van der Waals surface area contributed by atoms with Crippen LogP contribution in [0.4, 0.5) is 11.6 Å². The summed E-state index contributed by atoms with van der Waals surface area (Å²) in [5.74, 6) is 0.182. The first kappa shape index (κ1) is 22.6. The van der Waals surface area contributed by atoms with E-state index in [0.29, 0.717) is 16.6 Å². The molecular weight excluding hydrogens is 464 g/mol. The number of thioether (sulfide) groups is 1. The number of rotatable bonds is 7. The Morgan fingerprint density at radius 1 is 1.09 bits per heavy atom. The molecule has 13 heteroatoms. The molecule has 3 aromatic heterocycles. The lowest BCUT2D eigenvalue weighted by atomic mass is 10.3. The van der Waals surface area contributed by atoms with Gasteiger partial charge in [0.2, 0.25) is 17.0 Å². The fraction of sp³-hybridized carbons (Fsp3) is 0.200. The zero-order chi connectivity index (χ0) is 23.6. The van der Waals surface area contributed by atoms with E-state index in [4.69, 9.17) is 0 Å². The zero-order valence-corrected chi connectivity index (χ0v) is 19.6. The van der Waals surface area contributed by atoms with Crippen molar-refractivity contribution in [3.05, 3.63) is 60.2 Å². The van der Waals surface area contributed by atoms with Crippen LogP contribution in [0, 0.1) is 13.8 Å². The summed E-state index contributed by atoms with van der Waals surface area (Å²) in [5.41, 5.74) is 2.20. The predicted molar refractivity (Wildman–Crippen MR) is 123 cm³/mol. The number of hydrogen-bond acceptors (Lipinski definition) is 9. The summed E-state index contributed by atoms with van der Waals surface area (Å²) in [6.07, 6.45) is 2.87. The summed E-state index contributed by atoms with van der Waals surface area (Å²) in [6, 6.07) is 9.28. The maximum absolute atomic E-state index is 12.6. The van der Waals surface area contributed by atoms with Gasteiger partial charge in [0.05, 0.1) is 10.1 Å². The van der Waals surface area contributed by atoms with Gasteiger partial charge in [-0.2, -0.15) is 4.98 Å². The molecule has 0 aliphatic rings. The Kier molecular flexibility index (Phi) is 6.24. The van der Waals surface area contributed by atoms with Gasteiger partial charge in [-0.25, -0.2) is 32.6 Å². The van der Waals surface area contributed by atoms with Crippen molar-refractivity contribution in [3.8, 4) is 0 Å². The second-order valence-electron chi connectivity index (χ2n) is 7.10. The van der Waals surface area contributed by atoms with Gasteiger partial charge in [-0.1, -0.05) is 11.8 Å². The molecule has 4 aromatic rings. The average Bonchev–Trinajstić information content (AvgIpc) is 3.17. The number of amides is 1. The zero-order valence-electron chi connectivity index (χ0n) is 17.9. The largest absolute Gasteiger partial charge is 0.325 e. The number of aryl methyl sites for hydroxylation is 2. The van der Waals surface area contributed by atoms with Gasteiger partial charge in [0.1, 0.15) is 0 Å². The standard InChI is InChI=1S/C20H20N8O3S2/c1-12-11-13(2)28-19(23-12)25-20(26-28)32-14(3)17(29)24-15-5-7-16(8-6-15)33(30,31)27-18-21-9-4-10-22-18/h4-11,14H,1-3H3,(H,24,29)(H,21,22,27). The van der Waals surface area contributed by atoms with Crippen LogP contribution >= 0.6 is 11.8 Å². The first-order chi connectivity index (χ1) is 15.7. The third-order valence-electron chi connectivity index (χ3n) is 4.47. The number of nitrogens with zero attached hydrogens (tertiary/aromatic N) is 6. The molecule has 11 nitrogen and oxygen atoms in total. The molecule has 1 amide bonds. The molecule has 170 valence electrons. The van der Waals surface area contributed by atoms with Crippen molar-refractivity contribution in [1.29, 1.82) is 0 Å². The lowest BCUT2D eigenvalue weighted by Gasteiger charge is -2.11. The molecule has 1 aromatic carbocycles. The molecule has 4 rings (SSSR count). The molecule has 0 saturated carbocycles. The molecule has 0 radical (unpaired) electrons. The quantitative estimate of drug-likeness (QED) is 0.378. The summed E-state index contributed by atoms with van der Waals surface area (Å²) in [7, 11) is -3.85. The lowest BCUT2D eigenvalue weighted by molar-refractivity contribution is -0.115. The fourth-order valence-electron chi connectivity index (χ4n) is 2.90. The van der Waals surface area contributed by atoms with Crippen LogP contribution in [0.25, 0.3) is 5.78 Å². The molecule has 0 fully saturated rings. The van der Waals surface area contributed by atoms with E-state index in [2.05, 4.69) is 35.1 Å². The van der Waals surface area contributed by atoms with E-state index in [0.717, 1.165) is 11.4 Å². The maximum Gasteiger partial charge on any atom is 0.264 e. The topological polar surface area (TPSA) is 144 Å². The van der Waals surface area contributed by atoms with Gasteiger partial charge in [0, 0.05) is 29.5 Å². The van der Waals surface area contributed by atoms with Crippen LogP contribution in [0.5, 0.6) is 0 Å². The third-order valence-corrected chi connectivity index (χ3v) is 6.77. The Bertz CT molecular complexity index is 1410. The molecule has 1 unspecified atom stereocenters. The molecule has 0 spiro atoms. The van der Waals surface area contributed by atoms with Crippen molar-refractivity contribution in [1.82, 2.24) is 29.5 Å². The normalized spacial score (nSPS) is 12.5. The number of fused-ring (bicyclic) bond motifs is 1. The van der Waals surface area contributed by atoms with Crippen LogP contribution in [0.2, 0.25) is 0 Å². The summed E-state index contributed by atoms with van der Waals surface area (Å²) >= 11 is 1.21. The second-order valence-corrected chi connectivity index (χ2v) is 10.1. The highest BCUT2D eigenvalue weighted by Gasteiger charge is 2.19. The van der Waals surface area contributed by atoms with E-state index in [-0.39, 0.29) is 16.8 Å². The molecule has 0 aliphatic heterocycles.